The normalized spacial score (nSPS) is 10.8. The molecule has 0 atom stereocenters. The van der Waals surface area contributed by atoms with Crippen molar-refractivity contribution in [2.24, 2.45) is 5.73 Å². The molecule has 0 aliphatic carbocycles. The summed E-state index contributed by atoms with van der Waals surface area (Å²) in [6.07, 6.45) is 0.311. The average Bonchev–Trinajstić information content (AvgIpc) is 2.70. The molecule has 1 heterocycles. The number of hydrogen-bond acceptors (Lipinski definition) is 5. The Bertz CT molecular complexity index is 415. The number of carbonyl (C=O) groups is 1. The Morgan fingerprint density at radius 2 is 2.11 bits per heavy atom. The van der Waals surface area contributed by atoms with Gasteiger partial charge in [0.15, 0.2) is 11.6 Å². The van der Waals surface area contributed by atoms with Gasteiger partial charge in [-0.15, -0.1) is 0 Å². The fourth-order valence-corrected chi connectivity index (χ4v) is 2.20. The van der Waals surface area contributed by atoms with Gasteiger partial charge >= 0.3 is 0 Å². The Labute approximate surface area is 111 Å². The molecule has 0 saturated carbocycles. The first-order valence-electron chi connectivity index (χ1n) is 5.66. The van der Waals surface area contributed by atoms with Gasteiger partial charge in [0.2, 0.25) is 0 Å². The number of hydrogen-bond donors (Lipinski definition) is 2. The third-order valence-electron chi connectivity index (χ3n) is 2.21. The monoisotopic (exact) mass is 269 g/mol. The van der Waals surface area contributed by atoms with Crippen molar-refractivity contribution in [3.05, 3.63) is 23.7 Å². The maximum atomic E-state index is 11.1. The van der Waals surface area contributed by atoms with Crippen LogP contribution in [0.5, 0.6) is 0 Å². The molecule has 0 aliphatic rings. The first kappa shape index (κ1) is 14.8. The van der Waals surface area contributed by atoms with Crippen LogP contribution in [0.3, 0.4) is 0 Å². The van der Waals surface area contributed by atoms with Crippen LogP contribution < -0.4 is 5.73 Å². The fourth-order valence-electron chi connectivity index (χ4n) is 1.37. The molecular weight excluding hydrogens is 250 g/mol. The van der Waals surface area contributed by atoms with E-state index in [9.17, 15) is 4.79 Å². The lowest BCUT2D eigenvalue weighted by Crippen LogP contribution is -2.22. The van der Waals surface area contributed by atoms with E-state index < -0.39 is 0 Å². The summed E-state index contributed by atoms with van der Waals surface area (Å²) in [6.45, 7) is 0.785. The van der Waals surface area contributed by atoms with Crippen molar-refractivity contribution in [3.63, 3.8) is 0 Å². The fraction of sp³-hybridized carbons (Fsp3) is 0.500. The summed E-state index contributed by atoms with van der Waals surface area (Å²) in [5.74, 6) is 2.58. The molecule has 0 unspecified atom stereocenters. The van der Waals surface area contributed by atoms with E-state index >= 15 is 0 Å². The summed E-state index contributed by atoms with van der Waals surface area (Å²) < 4.78 is 5.63. The van der Waals surface area contributed by atoms with E-state index in [4.69, 9.17) is 15.6 Å². The van der Waals surface area contributed by atoms with Crippen molar-refractivity contribution < 1.29 is 9.21 Å². The lowest BCUT2D eigenvalue weighted by atomic mass is 10.3. The molecule has 0 radical (unpaired) electrons. The predicted octanol–water partition coefficient (Wildman–Crippen LogP) is 1.47. The second-order valence-corrected chi connectivity index (χ2v) is 5.35. The zero-order chi connectivity index (χ0) is 13.5. The first-order valence-corrected chi connectivity index (χ1v) is 6.82. The largest absolute Gasteiger partial charge is 0.464 e. The summed E-state index contributed by atoms with van der Waals surface area (Å²) in [6, 6.07) is 3.93. The van der Waals surface area contributed by atoms with Gasteiger partial charge in [0.05, 0.1) is 12.3 Å². The maximum Gasteiger partial charge on any atom is 0.197 e. The lowest BCUT2D eigenvalue weighted by Gasteiger charge is -2.05. The molecule has 3 N–H and O–H groups in total. The van der Waals surface area contributed by atoms with Gasteiger partial charge in [-0.05, 0) is 26.2 Å². The van der Waals surface area contributed by atoms with Crippen LogP contribution in [-0.4, -0.2) is 36.4 Å². The van der Waals surface area contributed by atoms with Gasteiger partial charge in [-0.3, -0.25) is 10.2 Å². The van der Waals surface area contributed by atoms with Crippen molar-refractivity contribution >= 4 is 23.4 Å². The Morgan fingerprint density at radius 1 is 1.44 bits per heavy atom. The summed E-state index contributed by atoms with van der Waals surface area (Å²) in [5, 5.41) is 6.96. The molecule has 6 heteroatoms. The van der Waals surface area contributed by atoms with Crippen molar-refractivity contribution in [1.82, 2.24) is 4.90 Å². The lowest BCUT2D eigenvalue weighted by molar-refractivity contribution is -0.112. The molecule has 0 amide bonds. The molecule has 0 fully saturated rings. The van der Waals surface area contributed by atoms with Crippen LogP contribution in [0.15, 0.2) is 16.5 Å². The van der Waals surface area contributed by atoms with E-state index in [0.717, 1.165) is 23.8 Å². The van der Waals surface area contributed by atoms with Crippen LogP contribution >= 0.6 is 11.8 Å². The summed E-state index contributed by atoms with van der Waals surface area (Å²) >= 11 is 1.60. The highest BCUT2D eigenvalue weighted by atomic mass is 32.2. The second kappa shape index (κ2) is 7.23. The van der Waals surface area contributed by atoms with E-state index in [1.807, 2.05) is 31.1 Å². The van der Waals surface area contributed by atoms with Crippen molar-refractivity contribution in [3.8, 4) is 0 Å². The molecule has 5 nitrogen and oxygen atoms in total. The minimum absolute atomic E-state index is 0.296. The van der Waals surface area contributed by atoms with E-state index in [1.165, 1.54) is 0 Å². The van der Waals surface area contributed by atoms with Crippen LogP contribution in [0.1, 0.15) is 17.9 Å². The van der Waals surface area contributed by atoms with E-state index in [0.29, 0.717) is 12.2 Å². The molecule has 0 aliphatic heterocycles. The van der Waals surface area contributed by atoms with Gasteiger partial charge in [0.25, 0.3) is 0 Å². The standard InChI is InChI=1S/C12H19N3O2S/c1-15(2)7-9-3-4-10(17-9)8-18-6-5-11(16)12(13)14/h3-4H,5-8H2,1-2H3,(H3,13,14). The Balaban J connectivity index is 2.25. The molecule has 1 aromatic rings. The van der Waals surface area contributed by atoms with Gasteiger partial charge in [-0.2, -0.15) is 11.8 Å². The molecule has 1 aromatic heterocycles. The highest BCUT2D eigenvalue weighted by Crippen LogP contribution is 2.16. The summed E-state index contributed by atoms with van der Waals surface area (Å²) in [4.78, 5) is 13.1. The smallest absolute Gasteiger partial charge is 0.197 e. The zero-order valence-electron chi connectivity index (χ0n) is 10.7. The number of amidine groups is 1. The predicted molar refractivity (Wildman–Crippen MR) is 73.8 cm³/mol. The minimum atomic E-state index is -0.359. The highest BCUT2D eigenvalue weighted by molar-refractivity contribution is 7.98. The van der Waals surface area contributed by atoms with E-state index in [-0.39, 0.29) is 11.6 Å². The van der Waals surface area contributed by atoms with Crippen LogP contribution in [0.2, 0.25) is 0 Å². The Morgan fingerprint density at radius 3 is 2.72 bits per heavy atom. The van der Waals surface area contributed by atoms with Gasteiger partial charge in [0.1, 0.15) is 11.5 Å². The van der Waals surface area contributed by atoms with Gasteiger partial charge < -0.3 is 15.1 Å². The minimum Gasteiger partial charge on any atom is -0.464 e. The topological polar surface area (TPSA) is 83.3 Å². The number of furan rings is 1. The van der Waals surface area contributed by atoms with Crippen LogP contribution in [0, 0.1) is 5.41 Å². The number of nitrogens with zero attached hydrogens (tertiary/aromatic N) is 1. The van der Waals surface area contributed by atoms with Gasteiger partial charge in [-0.25, -0.2) is 0 Å². The number of rotatable bonds is 8. The molecule has 18 heavy (non-hydrogen) atoms. The van der Waals surface area contributed by atoms with Crippen LogP contribution in [-0.2, 0) is 17.1 Å². The molecule has 100 valence electrons. The molecule has 0 aromatic carbocycles. The number of Topliss-reactive ketones (excluding diaryl/α,β-unsaturated/α-hetero) is 1. The summed E-state index contributed by atoms with van der Waals surface area (Å²) in [5.41, 5.74) is 5.08. The van der Waals surface area contributed by atoms with E-state index in [2.05, 4.69) is 0 Å². The molecular formula is C12H19N3O2S. The Kier molecular flexibility index (Phi) is 5.94. The molecule has 0 bridgehead atoms. The molecule has 0 spiro atoms. The van der Waals surface area contributed by atoms with Crippen LogP contribution in [0.4, 0.5) is 0 Å². The van der Waals surface area contributed by atoms with Crippen molar-refractivity contribution in [2.75, 3.05) is 19.8 Å². The quantitative estimate of drug-likeness (QED) is 0.424. The van der Waals surface area contributed by atoms with Crippen molar-refractivity contribution in [2.45, 2.75) is 18.7 Å². The highest BCUT2D eigenvalue weighted by Gasteiger charge is 2.06. The van der Waals surface area contributed by atoms with Gasteiger partial charge in [0, 0.05) is 12.2 Å². The number of thioether (sulfide) groups is 1. The summed E-state index contributed by atoms with van der Waals surface area (Å²) in [7, 11) is 3.98. The average molecular weight is 269 g/mol. The number of ketones is 1. The van der Waals surface area contributed by atoms with Crippen molar-refractivity contribution in [1.29, 1.82) is 5.41 Å². The number of nitrogens with one attached hydrogen (secondary N) is 1. The Hall–Kier alpha value is -1.27. The first-order chi connectivity index (χ1) is 8.49. The van der Waals surface area contributed by atoms with E-state index in [1.54, 1.807) is 11.8 Å². The third kappa shape index (κ3) is 5.37. The zero-order valence-corrected chi connectivity index (χ0v) is 11.5. The third-order valence-corrected chi connectivity index (χ3v) is 3.19. The second-order valence-electron chi connectivity index (χ2n) is 4.25. The maximum absolute atomic E-state index is 11.1. The van der Waals surface area contributed by atoms with Gasteiger partial charge in [-0.1, -0.05) is 0 Å². The number of nitrogens with two attached hydrogens (primary N) is 1. The molecule has 0 saturated heterocycles. The van der Waals surface area contributed by atoms with Crippen LogP contribution in [0.25, 0.3) is 0 Å². The molecule has 1 rings (SSSR count). The number of carbonyl (C=O) groups excluding carboxylic acids is 1. The SMILES string of the molecule is CN(C)Cc1ccc(CSCCC(=O)C(=N)N)o1.